The topological polar surface area (TPSA) is 69.6 Å². The van der Waals surface area contributed by atoms with Crippen LogP contribution in [0.25, 0.3) is 0 Å². The average molecular weight is 268 g/mol. The fourth-order valence-electron chi connectivity index (χ4n) is 2.76. The van der Waals surface area contributed by atoms with E-state index in [9.17, 15) is 14.7 Å². The van der Waals surface area contributed by atoms with Crippen LogP contribution in [0.4, 0.5) is 4.79 Å². The van der Waals surface area contributed by atoms with E-state index in [1.807, 2.05) is 20.8 Å². The van der Waals surface area contributed by atoms with Crippen LogP contribution in [-0.2, 0) is 4.79 Å². The van der Waals surface area contributed by atoms with E-state index in [1.165, 1.54) is 11.0 Å². The second-order valence-corrected chi connectivity index (χ2v) is 5.99. The van der Waals surface area contributed by atoms with Gasteiger partial charge in [0.1, 0.15) is 0 Å². The van der Waals surface area contributed by atoms with Crippen LogP contribution in [0.3, 0.4) is 0 Å². The highest BCUT2D eigenvalue weighted by atomic mass is 16.4. The van der Waals surface area contributed by atoms with Crippen molar-refractivity contribution >= 4 is 12.0 Å². The van der Waals surface area contributed by atoms with E-state index in [4.69, 9.17) is 0 Å². The molecule has 1 rings (SSSR count). The molecule has 5 heteroatoms. The predicted molar refractivity (Wildman–Crippen MR) is 74.0 cm³/mol. The molecule has 0 unspecified atom stereocenters. The summed E-state index contributed by atoms with van der Waals surface area (Å²) in [6.45, 7) is 9.07. The number of hydrogen-bond acceptors (Lipinski definition) is 2. The van der Waals surface area contributed by atoms with Gasteiger partial charge in [0.2, 0.25) is 5.91 Å². The van der Waals surface area contributed by atoms with E-state index in [0.717, 1.165) is 25.7 Å². The van der Waals surface area contributed by atoms with Gasteiger partial charge >= 0.3 is 6.09 Å². The second kappa shape index (κ2) is 6.08. The van der Waals surface area contributed by atoms with Crippen LogP contribution in [0.2, 0.25) is 0 Å². The van der Waals surface area contributed by atoms with Gasteiger partial charge in [-0.05, 0) is 39.7 Å². The molecule has 0 bridgehead atoms. The van der Waals surface area contributed by atoms with E-state index >= 15 is 0 Å². The quantitative estimate of drug-likeness (QED) is 0.772. The summed E-state index contributed by atoms with van der Waals surface area (Å²) in [5.41, 5.74) is -0.481. The van der Waals surface area contributed by atoms with Crippen LogP contribution < -0.4 is 5.32 Å². The minimum absolute atomic E-state index is 0.130. The molecule has 1 fully saturated rings. The molecule has 0 radical (unpaired) electrons. The third-order valence-electron chi connectivity index (χ3n) is 3.50. The first kappa shape index (κ1) is 15.5. The van der Waals surface area contributed by atoms with Crippen LogP contribution in [0, 0.1) is 0 Å². The van der Waals surface area contributed by atoms with Crippen molar-refractivity contribution in [2.45, 2.75) is 64.1 Å². The molecule has 2 N–H and O–H groups in total. The molecule has 1 aliphatic rings. The molecule has 0 aromatic heterocycles. The molecule has 0 spiro atoms. The highest BCUT2D eigenvalue weighted by Gasteiger charge is 2.39. The Kier molecular flexibility index (Phi) is 4.97. The molecule has 2 amide bonds. The molecular formula is C14H24N2O3. The number of hydrogen-bond donors (Lipinski definition) is 2. The van der Waals surface area contributed by atoms with E-state index in [-0.39, 0.29) is 18.0 Å². The van der Waals surface area contributed by atoms with Gasteiger partial charge in [0.25, 0.3) is 0 Å². The lowest BCUT2D eigenvalue weighted by Crippen LogP contribution is -2.60. The van der Waals surface area contributed by atoms with Crippen molar-refractivity contribution in [1.82, 2.24) is 10.2 Å². The second-order valence-electron chi connectivity index (χ2n) is 5.99. The van der Waals surface area contributed by atoms with Gasteiger partial charge in [-0.3, -0.25) is 9.69 Å². The first-order chi connectivity index (χ1) is 8.77. The normalized spacial score (nSPS) is 23.5. The molecule has 0 saturated heterocycles. The maximum absolute atomic E-state index is 11.5. The summed E-state index contributed by atoms with van der Waals surface area (Å²) in [6, 6.07) is -0.301. The maximum Gasteiger partial charge on any atom is 0.408 e. The Labute approximate surface area is 114 Å². The van der Waals surface area contributed by atoms with Crippen molar-refractivity contribution in [2.24, 2.45) is 0 Å². The SMILES string of the molecule is C=CC(=O)N[C@H]1CCCC[C@H]1N(C(=O)O)C(C)(C)C. The van der Waals surface area contributed by atoms with Crippen molar-refractivity contribution in [3.63, 3.8) is 0 Å². The van der Waals surface area contributed by atoms with Crippen molar-refractivity contribution in [2.75, 3.05) is 0 Å². The Morgan fingerprint density at radius 1 is 1.32 bits per heavy atom. The minimum atomic E-state index is -0.933. The van der Waals surface area contributed by atoms with E-state index in [2.05, 4.69) is 11.9 Å². The molecule has 2 atom stereocenters. The lowest BCUT2D eigenvalue weighted by atomic mass is 9.86. The Morgan fingerprint density at radius 2 is 1.89 bits per heavy atom. The molecule has 0 aromatic rings. The van der Waals surface area contributed by atoms with Gasteiger partial charge in [0.05, 0.1) is 6.04 Å². The molecule has 1 aliphatic carbocycles. The molecular weight excluding hydrogens is 244 g/mol. The fourth-order valence-corrected chi connectivity index (χ4v) is 2.76. The van der Waals surface area contributed by atoms with E-state index in [0.29, 0.717) is 0 Å². The van der Waals surface area contributed by atoms with E-state index in [1.54, 1.807) is 0 Å². The standard InChI is InChI=1S/C14H24N2O3/c1-5-12(17)15-10-8-6-7-9-11(10)16(13(18)19)14(2,3)4/h5,10-11H,1,6-9H2,2-4H3,(H,15,17)(H,18,19)/t10-,11+/m0/s1. The summed E-state index contributed by atoms with van der Waals surface area (Å²) in [6.07, 6.45) is 3.89. The summed E-state index contributed by atoms with van der Waals surface area (Å²) in [5.74, 6) is -0.240. The Bertz CT molecular complexity index is 360. The third kappa shape index (κ3) is 3.98. The van der Waals surface area contributed by atoms with Crippen LogP contribution >= 0.6 is 0 Å². The monoisotopic (exact) mass is 268 g/mol. The van der Waals surface area contributed by atoms with Gasteiger partial charge in [-0.2, -0.15) is 0 Å². The van der Waals surface area contributed by atoms with Gasteiger partial charge in [0.15, 0.2) is 0 Å². The van der Waals surface area contributed by atoms with Gasteiger partial charge in [-0.1, -0.05) is 19.4 Å². The zero-order chi connectivity index (χ0) is 14.6. The number of amides is 2. The van der Waals surface area contributed by atoms with Crippen LogP contribution in [0.1, 0.15) is 46.5 Å². The summed E-state index contributed by atoms with van der Waals surface area (Å²) in [7, 11) is 0. The number of carboxylic acid groups (broad SMARTS) is 1. The number of nitrogens with one attached hydrogen (secondary N) is 1. The molecule has 19 heavy (non-hydrogen) atoms. The van der Waals surface area contributed by atoms with Crippen LogP contribution in [-0.4, -0.2) is 39.6 Å². The van der Waals surface area contributed by atoms with Crippen molar-refractivity contribution in [3.8, 4) is 0 Å². The van der Waals surface area contributed by atoms with Crippen molar-refractivity contribution in [1.29, 1.82) is 0 Å². The van der Waals surface area contributed by atoms with E-state index < -0.39 is 11.6 Å². The molecule has 1 saturated carbocycles. The Balaban J connectivity index is 2.93. The first-order valence-electron chi connectivity index (χ1n) is 6.72. The number of carbonyl (C=O) groups is 2. The predicted octanol–water partition coefficient (Wildman–Crippen LogP) is 2.38. The fraction of sp³-hybridized carbons (Fsp3) is 0.714. The van der Waals surface area contributed by atoms with Gasteiger partial charge in [0, 0.05) is 11.6 Å². The largest absolute Gasteiger partial charge is 0.465 e. The molecule has 108 valence electrons. The highest BCUT2D eigenvalue weighted by molar-refractivity contribution is 5.87. The lowest BCUT2D eigenvalue weighted by Gasteiger charge is -2.45. The van der Waals surface area contributed by atoms with Crippen molar-refractivity contribution < 1.29 is 14.7 Å². The molecule has 0 aromatic carbocycles. The van der Waals surface area contributed by atoms with Gasteiger partial charge < -0.3 is 10.4 Å². The zero-order valence-corrected chi connectivity index (χ0v) is 12.0. The Hall–Kier alpha value is -1.52. The van der Waals surface area contributed by atoms with Crippen LogP contribution in [0.15, 0.2) is 12.7 Å². The Morgan fingerprint density at radius 3 is 2.37 bits per heavy atom. The number of rotatable bonds is 3. The lowest BCUT2D eigenvalue weighted by molar-refractivity contribution is -0.118. The third-order valence-corrected chi connectivity index (χ3v) is 3.50. The van der Waals surface area contributed by atoms with Crippen molar-refractivity contribution in [3.05, 3.63) is 12.7 Å². The summed E-state index contributed by atoms with van der Waals surface area (Å²) >= 11 is 0. The zero-order valence-electron chi connectivity index (χ0n) is 12.0. The molecule has 5 nitrogen and oxygen atoms in total. The smallest absolute Gasteiger partial charge is 0.408 e. The minimum Gasteiger partial charge on any atom is -0.465 e. The molecule has 0 aliphatic heterocycles. The average Bonchev–Trinajstić information content (AvgIpc) is 2.29. The number of nitrogens with zero attached hydrogens (tertiary/aromatic N) is 1. The number of carbonyl (C=O) groups excluding carboxylic acids is 1. The maximum atomic E-state index is 11.5. The van der Waals surface area contributed by atoms with Gasteiger partial charge in [-0.25, -0.2) is 4.79 Å². The summed E-state index contributed by atoms with van der Waals surface area (Å²) in [4.78, 5) is 24.5. The summed E-state index contributed by atoms with van der Waals surface area (Å²) < 4.78 is 0. The first-order valence-corrected chi connectivity index (χ1v) is 6.72. The summed E-state index contributed by atoms with van der Waals surface area (Å²) in [5, 5.41) is 12.3. The molecule has 0 heterocycles. The van der Waals surface area contributed by atoms with Crippen LogP contribution in [0.5, 0.6) is 0 Å². The highest BCUT2D eigenvalue weighted by Crippen LogP contribution is 2.28. The van der Waals surface area contributed by atoms with Gasteiger partial charge in [-0.15, -0.1) is 0 Å².